The van der Waals surface area contributed by atoms with Gasteiger partial charge in [0.15, 0.2) is 5.96 Å². The molecule has 168 valence electrons. The predicted molar refractivity (Wildman–Crippen MR) is 140 cm³/mol. The van der Waals surface area contributed by atoms with Crippen LogP contribution in [0.2, 0.25) is 0 Å². The van der Waals surface area contributed by atoms with Gasteiger partial charge in [0.05, 0.1) is 7.11 Å². The van der Waals surface area contributed by atoms with E-state index >= 15 is 0 Å². The molecule has 4 rings (SSSR count). The van der Waals surface area contributed by atoms with Crippen LogP contribution in [0.1, 0.15) is 6.42 Å². The number of halogens is 1. The number of nitrogens with zero attached hydrogens (tertiary/aromatic N) is 4. The van der Waals surface area contributed by atoms with E-state index in [0.29, 0.717) is 5.92 Å². The lowest BCUT2D eigenvalue weighted by atomic mass is 10.1. The van der Waals surface area contributed by atoms with Crippen LogP contribution < -0.4 is 19.9 Å². The first-order valence-corrected chi connectivity index (χ1v) is 10.9. The van der Waals surface area contributed by atoms with Gasteiger partial charge >= 0.3 is 0 Å². The Hall–Kier alpha value is -2.16. The number of guanidine groups is 1. The van der Waals surface area contributed by atoms with Crippen molar-refractivity contribution >= 4 is 41.3 Å². The summed E-state index contributed by atoms with van der Waals surface area (Å²) in [6.45, 7) is 7.18. The minimum atomic E-state index is 0. The highest BCUT2D eigenvalue weighted by Crippen LogP contribution is 2.23. The first-order chi connectivity index (χ1) is 14.8. The second-order valence-electron chi connectivity index (χ2n) is 8.04. The number of para-hydroxylation sites is 1. The summed E-state index contributed by atoms with van der Waals surface area (Å²) in [7, 11) is 3.60. The van der Waals surface area contributed by atoms with Crippen molar-refractivity contribution in [3.05, 3.63) is 54.6 Å². The summed E-state index contributed by atoms with van der Waals surface area (Å²) < 4.78 is 5.27. The fourth-order valence-corrected chi connectivity index (χ4v) is 4.41. The second-order valence-corrected chi connectivity index (χ2v) is 8.04. The Labute approximate surface area is 203 Å². The van der Waals surface area contributed by atoms with Gasteiger partial charge in [-0.3, -0.25) is 4.99 Å². The number of anilines is 2. The highest BCUT2D eigenvalue weighted by Gasteiger charge is 2.24. The number of hydrogen-bond acceptors (Lipinski definition) is 4. The molecule has 1 atom stereocenters. The number of benzene rings is 2. The molecule has 1 N–H and O–H groups in total. The average Bonchev–Trinajstić information content (AvgIpc) is 3.30. The third-order valence-electron chi connectivity index (χ3n) is 6.18. The third-order valence-corrected chi connectivity index (χ3v) is 6.18. The fourth-order valence-electron chi connectivity index (χ4n) is 4.41. The summed E-state index contributed by atoms with van der Waals surface area (Å²) in [6.07, 6.45) is 1.23. The monoisotopic (exact) mass is 535 g/mol. The zero-order chi connectivity index (χ0) is 20.8. The van der Waals surface area contributed by atoms with E-state index in [-0.39, 0.29) is 24.0 Å². The molecule has 2 aliphatic heterocycles. The van der Waals surface area contributed by atoms with Crippen molar-refractivity contribution in [2.75, 3.05) is 69.8 Å². The molecule has 0 spiro atoms. The Kier molecular flexibility index (Phi) is 8.69. The molecule has 2 fully saturated rings. The van der Waals surface area contributed by atoms with Crippen LogP contribution in [0, 0.1) is 5.92 Å². The molecule has 7 heteroatoms. The van der Waals surface area contributed by atoms with E-state index in [2.05, 4.69) is 67.5 Å². The van der Waals surface area contributed by atoms with Crippen molar-refractivity contribution in [3.63, 3.8) is 0 Å². The molecular formula is C24H34IN5O. The summed E-state index contributed by atoms with van der Waals surface area (Å²) in [4.78, 5) is 11.8. The number of hydrogen-bond donors (Lipinski definition) is 1. The lowest BCUT2D eigenvalue weighted by Crippen LogP contribution is -2.53. The largest absolute Gasteiger partial charge is 0.497 e. The van der Waals surface area contributed by atoms with Gasteiger partial charge in [0.1, 0.15) is 5.75 Å². The summed E-state index contributed by atoms with van der Waals surface area (Å²) in [5, 5.41) is 3.64. The number of methoxy groups -OCH3 is 1. The van der Waals surface area contributed by atoms with Crippen molar-refractivity contribution in [1.29, 1.82) is 0 Å². The van der Waals surface area contributed by atoms with E-state index in [1.54, 1.807) is 7.11 Å². The zero-order valence-electron chi connectivity index (χ0n) is 18.5. The lowest BCUT2D eigenvalue weighted by Gasteiger charge is -2.38. The van der Waals surface area contributed by atoms with Crippen molar-refractivity contribution in [1.82, 2.24) is 10.2 Å². The molecule has 0 bridgehead atoms. The van der Waals surface area contributed by atoms with E-state index in [1.165, 1.54) is 17.8 Å². The lowest BCUT2D eigenvalue weighted by molar-refractivity contribution is 0.369. The van der Waals surface area contributed by atoms with E-state index in [0.717, 1.165) is 57.5 Å². The molecule has 0 saturated carbocycles. The maximum absolute atomic E-state index is 5.27. The Morgan fingerprint density at radius 1 is 0.935 bits per heavy atom. The third kappa shape index (κ3) is 5.96. The number of piperazine rings is 1. The highest BCUT2D eigenvalue weighted by atomic mass is 127. The first-order valence-electron chi connectivity index (χ1n) is 10.9. The van der Waals surface area contributed by atoms with Crippen LogP contribution in [0.3, 0.4) is 0 Å². The molecule has 0 aromatic heterocycles. The summed E-state index contributed by atoms with van der Waals surface area (Å²) in [5.41, 5.74) is 2.59. The van der Waals surface area contributed by atoms with Gasteiger partial charge in [0.25, 0.3) is 0 Å². The van der Waals surface area contributed by atoms with Gasteiger partial charge in [-0.1, -0.05) is 18.2 Å². The highest BCUT2D eigenvalue weighted by molar-refractivity contribution is 14.0. The van der Waals surface area contributed by atoms with Crippen molar-refractivity contribution in [2.24, 2.45) is 10.9 Å². The minimum absolute atomic E-state index is 0. The smallest absolute Gasteiger partial charge is 0.193 e. The van der Waals surface area contributed by atoms with Crippen LogP contribution in [0.4, 0.5) is 11.4 Å². The summed E-state index contributed by atoms with van der Waals surface area (Å²) in [5.74, 6) is 2.59. The molecular weight excluding hydrogens is 501 g/mol. The molecule has 0 aliphatic carbocycles. The van der Waals surface area contributed by atoms with Gasteiger partial charge in [-0.05, 0) is 48.7 Å². The maximum Gasteiger partial charge on any atom is 0.193 e. The van der Waals surface area contributed by atoms with Crippen molar-refractivity contribution in [2.45, 2.75) is 6.42 Å². The van der Waals surface area contributed by atoms with E-state index in [1.807, 2.05) is 19.2 Å². The summed E-state index contributed by atoms with van der Waals surface area (Å²) >= 11 is 0. The van der Waals surface area contributed by atoms with E-state index in [9.17, 15) is 0 Å². The normalized spacial score (nSPS) is 19.2. The molecule has 6 nitrogen and oxygen atoms in total. The quantitative estimate of drug-likeness (QED) is 0.361. The maximum atomic E-state index is 5.27. The first kappa shape index (κ1) is 23.5. The van der Waals surface area contributed by atoms with Gasteiger partial charge < -0.3 is 24.8 Å². The van der Waals surface area contributed by atoms with Crippen LogP contribution in [0.25, 0.3) is 0 Å². The van der Waals surface area contributed by atoms with Crippen LogP contribution >= 0.6 is 24.0 Å². The second kappa shape index (κ2) is 11.5. The molecule has 1 unspecified atom stereocenters. The van der Waals surface area contributed by atoms with Crippen LogP contribution in [0.15, 0.2) is 59.6 Å². The zero-order valence-corrected chi connectivity index (χ0v) is 20.9. The van der Waals surface area contributed by atoms with Crippen LogP contribution in [-0.4, -0.2) is 70.8 Å². The Bertz CT molecular complexity index is 822. The number of ether oxygens (including phenoxy) is 1. The molecule has 2 heterocycles. The SMILES string of the molecule is CN=C(NCC1CCN(c2ccccc2)C1)N1CCN(c2ccc(OC)cc2)CC1.I. The Balaban J connectivity index is 0.00000272. The fraction of sp³-hybridized carbons (Fsp3) is 0.458. The molecule has 0 radical (unpaired) electrons. The average molecular weight is 535 g/mol. The van der Waals surface area contributed by atoms with Gasteiger partial charge in [-0.15, -0.1) is 24.0 Å². The number of nitrogens with one attached hydrogen (secondary N) is 1. The van der Waals surface area contributed by atoms with Gasteiger partial charge in [0, 0.05) is 64.2 Å². The standard InChI is InChI=1S/C24H33N5O.HI/c1-25-24(26-18-20-12-13-29(19-20)21-6-4-3-5-7-21)28-16-14-27(15-17-28)22-8-10-23(30-2)11-9-22;/h3-11,20H,12-19H2,1-2H3,(H,25,26);1H. The molecule has 2 saturated heterocycles. The van der Waals surface area contributed by atoms with Gasteiger partial charge in [-0.25, -0.2) is 0 Å². The molecule has 2 aromatic carbocycles. The van der Waals surface area contributed by atoms with Gasteiger partial charge in [0.2, 0.25) is 0 Å². The van der Waals surface area contributed by atoms with Crippen molar-refractivity contribution in [3.8, 4) is 5.75 Å². The van der Waals surface area contributed by atoms with Crippen LogP contribution in [0.5, 0.6) is 5.75 Å². The number of aliphatic imine (C=N–C) groups is 1. The molecule has 2 aromatic rings. The minimum Gasteiger partial charge on any atom is -0.497 e. The summed E-state index contributed by atoms with van der Waals surface area (Å²) in [6, 6.07) is 19.1. The Morgan fingerprint density at radius 3 is 2.26 bits per heavy atom. The van der Waals surface area contributed by atoms with Crippen LogP contribution in [-0.2, 0) is 0 Å². The molecule has 2 aliphatic rings. The van der Waals surface area contributed by atoms with Gasteiger partial charge in [-0.2, -0.15) is 0 Å². The predicted octanol–water partition coefficient (Wildman–Crippen LogP) is 3.54. The van der Waals surface area contributed by atoms with E-state index < -0.39 is 0 Å². The topological polar surface area (TPSA) is 43.3 Å². The van der Waals surface area contributed by atoms with Crippen molar-refractivity contribution < 1.29 is 4.74 Å². The molecule has 31 heavy (non-hydrogen) atoms. The number of rotatable bonds is 5. The molecule has 0 amide bonds. The Morgan fingerprint density at radius 2 is 1.61 bits per heavy atom. The van der Waals surface area contributed by atoms with E-state index in [4.69, 9.17) is 4.74 Å².